The number of esters is 1. The number of unbranched alkanes of at least 4 members (excludes halogenated alkanes) is 1. The van der Waals surface area contributed by atoms with Crippen molar-refractivity contribution >= 4 is 11.7 Å². The molecule has 0 saturated carbocycles. The van der Waals surface area contributed by atoms with E-state index in [0.717, 1.165) is 12.8 Å². The highest BCUT2D eigenvalue weighted by Gasteiger charge is 2.10. The minimum atomic E-state index is -0.476. The van der Waals surface area contributed by atoms with Gasteiger partial charge in [-0.3, -0.25) is 10.1 Å². The Morgan fingerprint density at radius 1 is 1.42 bits per heavy atom. The molecule has 1 rings (SSSR count). The standard InChI is InChI=1S/C13H17NO5/c1-3-4-7-18-13(15)9-19-12-6-5-11(14(16)17)8-10(12)2/h5-6,8H,3-4,7,9H2,1-2H3. The van der Waals surface area contributed by atoms with Crippen molar-refractivity contribution in [1.82, 2.24) is 0 Å². The lowest BCUT2D eigenvalue weighted by atomic mass is 10.2. The molecule has 0 aliphatic rings. The fourth-order valence-electron chi connectivity index (χ4n) is 1.42. The zero-order chi connectivity index (χ0) is 14.3. The summed E-state index contributed by atoms with van der Waals surface area (Å²) in [4.78, 5) is 21.4. The van der Waals surface area contributed by atoms with Gasteiger partial charge in [0.25, 0.3) is 5.69 Å². The third kappa shape index (κ3) is 4.95. The van der Waals surface area contributed by atoms with Crippen molar-refractivity contribution in [2.24, 2.45) is 0 Å². The van der Waals surface area contributed by atoms with Gasteiger partial charge in [-0.15, -0.1) is 0 Å². The van der Waals surface area contributed by atoms with Crippen LogP contribution < -0.4 is 4.74 Å². The van der Waals surface area contributed by atoms with Crippen molar-refractivity contribution < 1.29 is 19.2 Å². The third-order valence-corrected chi connectivity index (χ3v) is 2.48. The largest absolute Gasteiger partial charge is 0.482 e. The van der Waals surface area contributed by atoms with E-state index < -0.39 is 10.9 Å². The summed E-state index contributed by atoms with van der Waals surface area (Å²) in [6.45, 7) is 3.88. The van der Waals surface area contributed by atoms with Gasteiger partial charge in [0.2, 0.25) is 0 Å². The molecular weight excluding hydrogens is 250 g/mol. The maximum absolute atomic E-state index is 11.3. The molecule has 0 saturated heterocycles. The van der Waals surface area contributed by atoms with Gasteiger partial charge in [0.1, 0.15) is 5.75 Å². The van der Waals surface area contributed by atoms with Crippen LogP contribution in [0.15, 0.2) is 18.2 Å². The Kier molecular flexibility index (Phi) is 5.78. The lowest BCUT2D eigenvalue weighted by Gasteiger charge is -2.08. The van der Waals surface area contributed by atoms with E-state index in [1.54, 1.807) is 6.92 Å². The molecule has 0 N–H and O–H groups in total. The molecular formula is C13H17NO5. The summed E-state index contributed by atoms with van der Waals surface area (Å²) in [7, 11) is 0. The number of non-ortho nitro benzene ring substituents is 1. The van der Waals surface area contributed by atoms with Gasteiger partial charge in [-0.25, -0.2) is 4.79 Å². The van der Waals surface area contributed by atoms with Gasteiger partial charge in [0.15, 0.2) is 6.61 Å². The van der Waals surface area contributed by atoms with Crippen LogP contribution in [0.5, 0.6) is 5.75 Å². The molecule has 19 heavy (non-hydrogen) atoms. The fraction of sp³-hybridized carbons (Fsp3) is 0.462. The molecule has 0 amide bonds. The monoisotopic (exact) mass is 267 g/mol. The molecule has 0 atom stereocenters. The molecule has 6 nitrogen and oxygen atoms in total. The van der Waals surface area contributed by atoms with Gasteiger partial charge in [-0.2, -0.15) is 0 Å². The van der Waals surface area contributed by atoms with Crippen molar-refractivity contribution in [2.75, 3.05) is 13.2 Å². The number of carbonyl (C=O) groups excluding carboxylic acids is 1. The molecule has 0 unspecified atom stereocenters. The Morgan fingerprint density at radius 3 is 2.74 bits per heavy atom. The molecule has 0 aromatic heterocycles. The second-order valence-electron chi connectivity index (χ2n) is 4.07. The van der Waals surface area contributed by atoms with Crippen molar-refractivity contribution in [1.29, 1.82) is 0 Å². The van der Waals surface area contributed by atoms with E-state index >= 15 is 0 Å². The maximum atomic E-state index is 11.3. The molecule has 1 aromatic carbocycles. The van der Waals surface area contributed by atoms with Crippen molar-refractivity contribution in [3.8, 4) is 5.75 Å². The van der Waals surface area contributed by atoms with E-state index in [4.69, 9.17) is 9.47 Å². The van der Waals surface area contributed by atoms with E-state index in [9.17, 15) is 14.9 Å². The summed E-state index contributed by atoms with van der Waals surface area (Å²) in [5.41, 5.74) is 0.603. The van der Waals surface area contributed by atoms with Gasteiger partial charge in [0, 0.05) is 12.1 Å². The highest BCUT2D eigenvalue weighted by molar-refractivity contribution is 5.71. The number of carbonyl (C=O) groups is 1. The third-order valence-electron chi connectivity index (χ3n) is 2.48. The van der Waals surface area contributed by atoms with Gasteiger partial charge >= 0.3 is 5.97 Å². The van der Waals surface area contributed by atoms with Gasteiger partial charge in [-0.1, -0.05) is 13.3 Å². The molecule has 0 aliphatic carbocycles. The average Bonchev–Trinajstić information content (AvgIpc) is 2.37. The number of hydrogen-bond acceptors (Lipinski definition) is 5. The van der Waals surface area contributed by atoms with Crippen LogP contribution >= 0.6 is 0 Å². The Labute approximate surface area is 111 Å². The highest BCUT2D eigenvalue weighted by Crippen LogP contribution is 2.23. The second kappa shape index (κ2) is 7.35. The van der Waals surface area contributed by atoms with E-state index in [0.29, 0.717) is 17.9 Å². The first kappa shape index (κ1) is 14.9. The topological polar surface area (TPSA) is 78.7 Å². The quantitative estimate of drug-likeness (QED) is 0.328. The maximum Gasteiger partial charge on any atom is 0.344 e. The molecule has 1 aromatic rings. The van der Waals surface area contributed by atoms with E-state index in [1.807, 2.05) is 6.92 Å². The van der Waals surface area contributed by atoms with Crippen LogP contribution in [-0.2, 0) is 9.53 Å². The molecule has 0 radical (unpaired) electrons. The summed E-state index contributed by atoms with van der Waals surface area (Å²) in [5.74, 6) is 0.00393. The van der Waals surface area contributed by atoms with Crippen LogP contribution in [0.1, 0.15) is 25.3 Å². The fourth-order valence-corrected chi connectivity index (χ4v) is 1.42. The van der Waals surface area contributed by atoms with Crippen LogP contribution in [0.2, 0.25) is 0 Å². The van der Waals surface area contributed by atoms with Gasteiger partial charge in [0.05, 0.1) is 11.5 Å². The van der Waals surface area contributed by atoms with Crippen molar-refractivity contribution in [3.05, 3.63) is 33.9 Å². The predicted octanol–water partition coefficient (Wildman–Crippen LogP) is 2.63. The van der Waals surface area contributed by atoms with Crippen molar-refractivity contribution in [3.63, 3.8) is 0 Å². The summed E-state index contributed by atoms with van der Waals surface area (Å²) in [6, 6.07) is 4.22. The zero-order valence-corrected chi connectivity index (χ0v) is 11.0. The summed E-state index contributed by atoms with van der Waals surface area (Å²) >= 11 is 0. The first-order valence-corrected chi connectivity index (χ1v) is 6.08. The molecule has 0 bridgehead atoms. The summed E-state index contributed by atoms with van der Waals surface area (Å²) < 4.78 is 10.2. The Hall–Kier alpha value is -2.11. The van der Waals surface area contributed by atoms with Crippen LogP contribution in [0.4, 0.5) is 5.69 Å². The minimum absolute atomic E-state index is 0.00428. The number of hydrogen-bond donors (Lipinski definition) is 0. The SMILES string of the molecule is CCCCOC(=O)COc1ccc([N+](=O)[O-])cc1C. The second-order valence-corrected chi connectivity index (χ2v) is 4.07. The Bertz CT molecular complexity index is 458. The first-order valence-electron chi connectivity index (χ1n) is 6.08. The lowest BCUT2D eigenvalue weighted by Crippen LogP contribution is -2.15. The number of ether oxygens (including phenoxy) is 2. The van der Waals surface area contributed by atoms with E-state index in [-0.39, 0.29) is 12.3 Å². The van der Waals surface area contributed by atoms with E-state index in [1.165, 1.54) is 18.2 Å². The van der Waals surface area contributed by atoms with Gasteiger partial charge in [-0.05, 0) is 25.0 Å². The Morgan fingerprint density at radius 2 is 2.16 bits per heavy atom. The molecule has 0 fully saturated rings. The molecule has 0 aliphatic heterocycles. The Balaban J connectivity index is 2.49. The van der Waals surface area contributed by atoms with Crippen molar-refractivity contribution in [2.45, 2.75) is 26.7 Å². The number of benzene rings is 1. The van der Waals surface area contributed by atoms with E-state index in [2.05, 4.69) is 0 Å². The molecule has 0 spiro atoms. The lowest BCUT2D eigenvalue weighted by molar-refractivity contribution is -0.384. The number of aryl methyl sites for hydroxylation is 1. The van der Waals surface area contributed by atoms with Crippen LogP contribution in [0.25, 0.3) is 0 Å². The number of nitro benzene ring substituents is 1. The number of nitro groups is 1. The molecule has 0 heterocycles. The zero-order valence-electron chi connectivity index (χ0n) is 11.0. The number of nitrogens with zero attached hydrogens (tertiary/aromatic N) is 1. The summed E-state index contributed by atoms with van der Waals surface area (Å²) in [5, 5.41) is 10.6. The first-order chi connectivity index (χ1) is 9.04. The van der Waals surface area contributed by atoms with Crippen LogP contribution in [0.3, 0.4) is 0 Å². The molecule has 6 heteroatoms. The predicted molar refractivity (Wildman–Crippen MR) is 69.2 cm³/mol. The normalized spacial score (nSPS) is 10.0. The number of rotatable bonds is 7. The minimum Gasteiger partial charge on any atom is -0.482 e. The van der Waals surface area contributed by atoms with Gasteiger partial charge < -0.3 is 9.47 Å². The van der Waals surface area contributed by atoms with Crippen LogP contribution in [0, 0.1) is 17.0 Å². The molecule has 104 valence electrons. The summed E-state index contributed by atoms with van der Waals surface area (Å²) in [6.07, 6.45) is 1.78. The van der Waals surface area contributed by atoms with Crippen LogP contribution in [-0.4, -0.2) is 24.1 Å². The average molecular weight is 267 g/mol. The highest BCUT2D eigenvalue weighted by atomic mass is 16.6. The smallest absolute Gasteiger partial charge is 0.344 e.